The topological polar surface area (TPSA) is 143 Å². The SMILES string of the molecule is COC(=O)c1ccc(C(=O)NN2C=C(N(C(=O)C(CC(=O)OC(C)(C)C)CC(C)C)[C@@H](C)C(=O)O)C=CC2)cc1. The number of carboxylic acids is 1. The Labute approximate surface area is 234 Å². The molecular weight excluding hydrogens is 518 g/mol. The molecule has 11 heteroatoms. The van der Waals surface area contributed by atoms with Crippen LogP contribution in [0.4, 0.5) is 0 Å². The molecule has 0 aromatic heterocycles. The summed E-state index contributed by atoms with van der Waals surface area (Å²) in [5.41, 5.74) is 2.78. The van der Waals surface area contributed by atoms with Gasteiger partial charge in [-0.15, -0.1) is 0 Å². The zero-order chi connectivity index (χ0) is 30.2. The molecule has 1 aromatic carbocycles. The van der Waals surface area contributed by atoms with Crippen LogP contribution in [0, 0.1) is 11.8 Å². The molecule has 0 saturated heterocycles. The minimum absolute atomic E-state index is 0.0515. The summed E-state index contributed by atoms with van der Waals surface area (Å²) >= 11 is 0. The Morgan fingerprint density at radius 2 is 1.65 bits per heavy atom. The zero-order valence-corrected chi connectivity index (χ0v) is 24.1. The average molecular weight is 558 g/mol. The Balaban J connectivity index is 2.32. The van der Waals surface area contributed by atoms with Crippen LogP contribution in [0.2, 0.25) is 0 Å². The highest BCUT2D eigenvalue weighted by Crippen LogP contribution is 2.26. The molecule has 2 rings (SSSR count). The van der Waals surface area contributed by atoms with Crippen LogP contribution in [-0.2, 0) is 23.9 Å². The minimum Gasteiger partial charge on any atom is -0.480 e. The fourth-order valence-electron chi connectivity index (χ4n) is 4.11. The molecule has 1 aliphatic heterocycles. The van der Waals surface area contributed by atoms with Gasteiger partial charge in [0.05, 0.1) is 31.3 Å². The summed E-state index contributed by atoms with van der Waals surface area (Å²) in [6.07, 6.45) is 4.90. The van der Waals surface area contributed by atoms with Crippen molar-refractivity contribution >= 4 is 29.7 Å². The third-order valence-electron chi connectivity index (χ3n) is 5.89. The summed E-state index contributed by atoms with van der Waals surface area (Å²) in [6, 6.07) is 4.63. The van der Waals surface area contributed by atoms with Crippen molar-refractivity contribution in [2.45, 2.75) is 66.0 Å². The van der Waals surface area contributed by atoms with Gasteiger partial charge >= 0.3 is 17.9 Å². The van der Waals surface area contributed by atoms with Crippen molar-refractivity contribution in [3.63, 3.8) is 0 Å². The van der Waals surface area contributed by atoms with Crippen LogP contribution in [0.25, 0.3) is 0 Å². The van der Waals surface area contributed by atoms with Gasteiger partial charge in [0, 0.05) is 17.7 Å². The first-order valence-corrected chi connectivity index (χ1v) is 13.0. The van der Waals surface area contributed by atoms with Crippen molar-refractivity contribution in [1.29, 1.82) is 0 Å². The van der Waals surface area contributed by atoms with E-state index in [-0.39, 0.29) is 30.1 Å². The summed E-state index contributed by atoms with van der Waals surface area (Å²) < 4.78 is 10.1. The second-order valence-electron chi connectivity index (χ2n) is 11.0. The Bertz CT molecular complexity index is 1160. The maximum absolute atomic E-state index is 13.8. The summed E-state index contributed by atoms with van der Waals surface area (Å²) in [5.74, 6) is -4.07. The van der Waals surface area contributed by atoms with Gasteiger partial charge < -0.3 is 14.6 Å². The van der Waals surface area contributed by atoms with Crippen molar-refractivity contribution in [1.82, 2.24) is 15.3 Å². The van der Waals surface area contributed by atoms with E-state index < -0.39 is 47.3 Å². The Hall–Kier alpha value is -4.15. The lowest BCUT2D eigenvalue weighted by Crippen LogP contribution is -2.48. The van der Waals surface area contributed by atoms with E-state index in [1.54, 1.807) is 32.9 Å². The lowest BCUT2D eigenvalue weighted by Gasteiger charge is -2.34. The highest BCUT2D eigenvalue weighted by atomic mass is 16.6. The quantitative estimate of drug-likeness (QED) is 0.391. The van der Waals surface area contributed by atoms with Gasteiger partial charge in [-0.1, -0.05) is 19.9 Å². The van der Waals surface area contributed by atoms with Gasteiger partial charge in [0.1, 0.15) is 11.6 Å². The van der Waals surface area contributed by atoms with E-state index in [9.17, 15) is 29.1 Å². The van der Waals surface area contributed by atoms with Crippen LogP contribution < -0.4 is 5.43 Å². The van der Waals surface area contributed by atoms with Crippen molar-refractivity contribution in [2.75, 3.05) is 13.7 Å². The first-order valence-electron chi connectivity index (χ1n) is 13.0. The molecule has 40 heavy (non-hydrogen) atoms. The number of methoxy groups -OCH3 is 1. The highest BCUT2D eigenvalue weighted by Gasteiger charge is 2.36. The number of benzene rings is 1. The number of rotatable bonds is 11. The van der Waals surface area contributed by atoms with Crippen LogP contribution >= 0.6 is 0 Å². The number of nitrogens with one attached hydrogen (secondary N) is 1. The molecule has 1 unspecified atom stereocenters. The van der Waals surface area contributed by atoms with Crippen molar-refractivity contribution in [3.05, 3.63) is 59.4 Å². The number of ether oxygens (including phenoxy) is 2. The number of carbonyl (C=O) groups excluding carboxylic acids is 4. The lowest BCUT2D eigenvalue weighted by molar-refractivity contribution is -0.159. The average Bonchev–Trinajstić information content (AvgIpc) is 2.86. The van der Waals surface area contributed by atoms with Gasteiger partial charge in [-0.2, -0.15) is 0 Å². The maximum Gasteiger partial charge on any atom is 0.337 e. The number of allylic oxidation sites excluding steroid dienone is 1. The molecule has 1 heterocycles. The van der Waals surface area contributed by atoms with E-state index in [0.29, 0.717) is 12.0 Å². The van der Waals surface area contributed by atoms with E-state index in [4.69, 9.17) is 4.74 Å². The smallest absolute Gasteiger partial charge is 0.337 e. The first kappa shape index (κ1) is 32.1. The Morgan fingerprint density at radius 3 is 2.17 bits per heavy atom. The number of carboxylic acid groups (broad SMARTS) is 1. The Morgan fingerprint density at radius 1 is 1.05 bits per heavy atom. The molecule has 0 aliphatic carbocycles. The van der Waals surface area contributed by atoms with Crippen LogP contribution in [-0.4, -0.2) is 70.0 Å². The van der Waals surface area contributed by atoms with Gasteiger partial charge in [0.15, 0.2) is 0 Å². The number of esters is 2. The summed E-state index contributed by atoms with van der Waals surface area (Å²) in [5, 5.41) is 11.2. The van der Waals surface area contributed by atoms with Gasteiger partial charge in [0.25, 0.3) is 5.91 Å². The second-order valence-corrected chi connectivity index (χ2v) is 11.0. The third kappa shape index (κ3) is 9.25. The van der Waals surface area contributed by atoms with Crippen LogP contribution in [0.1, 0.15) is 75.1 Å². The van der Waals surface area contributed by atoms with E-state index in [1.165, 1.54) is 49.5 Å². The molecule has 0 saturated carbocycles. The Kier molecular flexibility index (Phi) is 11.0. The monoisotopic (exact) mass is 557 g/mol. The molecule has 0 bridgehead atoms. The van der Waals surface area contributed by atoms with Gasteiger partial charge in [-0.3, -0.25) is 29.7 Å². The van der Waals surface area contributed by atoms with Crippen molar-refractivity contribution < 1.29 is 38.6 Å². The summed E-state index contributed by atoms with van der Waals surface area (Å²) in [6.45, 7) is 10.7. The standard InChI is InChI=1S/C29H39N3O8/c1-18(2)15-22(16-24(33)40-29(4,5)6)26(35)32(19(3)27(36)37)23-9-8-14-31(17-23)30-25(34)20-10-12-21(13-11-20)28(38)39-7/h8-13,17-19,22H,14-16H2,1-7H3,(H,30,34)(H,36,37)/t19-,22?/m0/s1. The molecule has 2 atom stereocenters. The number of carbonyl (C=O) groups is 5. The largest absolute Gasteiger partial charge is 0.480 e. The fourth-order valence-corrected chi connectivity index (χ4v) is 4.11. The molecular formula is C29H39N3O8. The van der Waals surface area contributed by atoms with E-state index in [1.807, 2.05) is 13.8 Å². The van der Waals surface area contributed by atoms with Crippen LogP contribution in [0.15, 0.2) is 48.3 Å². The molecule has 0 radical (unpaired) electrons. The molecule has 2 N–H and O–H groups in total. The van der Waals surface area contributed by atoms with E-state index in [2.05, 4.69) is 10.2 Å². The first-order chi connectivity index (χ1) is 18.6. The van der Waals surface area contributed by atoms with Crippen LogP contribution in [0.3, 0.4) is 0 Å². The molecule has 1 aromatic rings. The number of hydrazine groups is 1. The van der Waals surface area contributed by atoms with Gasteiger partial charge in [-0.05, 0) is 70.4 Å². The van der Waals surface area contributed by atoms with Crippen LogP contribution in [0.5, 0.6) is 0 Å². The number of hydrogen-bond donors (Lipinski definition) is 2. The summed E-state index contributed by atoms with van der Waals surface area (Å²) in [7, 11) is 1.26. The fraction of sp³-hybridized carbons (Fsp3) is 0.483. The third-order valence-corrected chi connectivity index (χ3v) is 5.89. The molecule has 11 nitrogen and oxygen atoms in total. The minimum atomic E-state index is -1.25. The molecule has 218 valence electrons. The van der Waals surface area contributed by atoms with E-state index in [0.717, 1.165) is 4.90 Å². The maximum atomic E-state index is 13.8. The van der Waals surface area contributed by atoms with E-state index >= 15 is 0 Å². The van der Waals surface area contributed by atoms with Gasteiger partial charge in [-0.25, -0.2) is 9.59 Å². The number of amides is 2. The van der Waals surface area contributed by atoms with Crippen molar-refractivity contribution in [3.8, 4) is 0 Å². The summed E-state index contributed by atoms with van der Waals surface area (Å²) in [4.78, 5) is 64.1. The molecule has 1 aliphatic rings. The van der Waals surface area contributed by atoms with Crippen molar-refractivity contribution in [2.24, 2.45) is 11.8 Å². The highest BCUT2D eigenvalue weighted by molar-refractivity contribution is 5.96. The molecule has 0 fully saturated rings. The number of nitrogens with zero attached hydrogens (tertiary/aromatic N) is 2. The lowest BCUT2D eigenvalue weighted by atomic mass is 9.92. The predicted molar refractivity (Wildman–Crippen MR) is 147 cm³/mol. The second kappa shape index (κ2) is 13.8. The molecule has 2 amide bonds. The normalized spacial score (nSPS) is 14.6. The molecule has 0 spiro atoms. The number of aliphatic carboxylic acids is 1. The predicted octanol–water partition coefficient (Wildman–Crippen LogP) is 3.53. The number of hydrogen-bond acceptors (Lipinski definition) is 8. The van der Waals surface area contributed by atoms with Gasteiger partial charge in [0.2, 0.25) is 5.91 Å². The zero-order valence-electron chi connectivity index (χ0n) is 24.1.